The Hall–Kier alpha value is -15.6. The zero-order valence-electron chi connectivity index (χ0n) is 81.3. The molecule has 16 rings (SSSR count). The monoisotopic (exact) mass is 1910 g/mol. The Labute approximate surface area is 827 Å². The van der Waals surface area contributed by atoms with E-state index >= 15 is 0 Å². The first-order valence-electron chi connectivity index (χ1n) is 47.4. The molecule has 30 heteroatoms. The lowest BCUT2D eigenvalue weighted by molar-refractivity contribution is -0.124. The minimum Gasteiger partial charge on any atom is -0.330 e. The van der Waals surface area contributed by atoms with Crippen LogP contribution in [0.3, 0.4) is 0 Å². The van der Waals surface area contributed by atoms with Crippen LogP contribution in [-0.2, 0) is 129 Å². The first-order valence-corrected chi connectivity index (χ1v) is 47.4. The molecular weight excluding hydrogens is 1790 g/mol. The van der Waals surface area contributed by atoms with Crippen LogP contribution in [0.15, 0.2) is 303 Å². The second-order valence-electron chi connectivity index (χ2n) is 34.0. The Morgan fingerprint density at radius 1 is 0.303 bits per heavy atom. The Balaban J connectivity index is 0.000000159. The molecule has 0 aliphatic carbocycles. The van der Waals surface area contributed by atoms with Gasteiger partial charge in [-0.25, -0.2) is 52.3 Å². The van der Waals surface area contributed by atoms with Crippen molar-refractivity contribution < 1.29 is 50.0 Å². The van der Waals surface area contributed by atoms with E-state index < -0.39 is 29.5 Å². The van der Waals surface area contributed by atoms with Crippen LogP contribution < -0.4 is 38.0 Å². The highest BCUT2D eigenvalue weighted by atomic mass is 16.5. The molecule has 0 aliphatic heterocycles. The van der Waals surface area contributed by atoms with E-state index in [1.165, 1.54) is 63.8 Å². The fourth-order valence-corrected chi connectivity index (χ4v) is 16.4. The summed E-state index contributed by atoms with van der Waals surface area (Å²) in [7, 11) is 8.19. The normalized spacial score (nSPS) is 11.5. The second kappa shape index (κ2) is 55.3. The number of hydrogen-bond acceptors (Lipinski definition) is 20. The molecule has 0 unspecified atom stereocenters. The van der Waals surface area contributed by atoms with Crippen LogP contribution in [0.25, 0.3) is 85.5 Å². The van der Waals surface area contributed by atoms with Gasteiger partial charge in [0.1, 0.15) is 29.1 Å². The summed E-state index contributed by atoms with van der Waals surface area (Å²) >= 11 is 0. The predicted octanol–water partition coefficient (Wildman–Crippen LogP) is 16.5. The van der Waals surface area contributed by atoms with E-state index in [0.29, 0.717) is 19.6 Å². The summed E-state index contributed by atoms with van der Waals surface area (Å²) in [5, 5.41) is 49.8. The number of imidazole rings is 5. The third kappa shape index (κ3) is 32.0. The number of benzene rings is 11. The molecule has 0 fully saturated rings. The minimum absolute atomic E-state index is 0.552. The quantitative estimate of drug-likeness (QED) is 0.00964. The van der Waals surface area contributed by atoms with Gasteiger partial charge in [-0.3, -0.25) is 54.9 Å². The van der Waals surface area contributed by atoms with Crippen molar-refractivity contribution >= 4 is 115 Å². The number of rotatable bonds is 40. The molecule has 5 aromatic heterocycles. The summed E-state index contributed by atoms with van der Waals surface area (Å²) in [5.74, 6) is 2.26. The molecule has 0 saturated heterocycles. The fourth-order valence-electron chi connectivity index (χ4n) is 16.4. The molecule has 734 valence electrons. The van der Waals surface area contributed by atoms with Gasteiger partial charge in [0.2, 0.25) is 0 Å². The molecule has 30 nitrogen and oxygen atoms in total. The van der Waals surface area contributed by atoms with Crippen molar-refractivity contribution in [3.8, 4) is 0 Å². The number of hydroxylamine groups is 5. The van der Waals surface area contributed by atoms with Crippen molar-refractivity contribution in [3.63, 3.8) is 0 Å². The van der Waals surface area contributed by atoms with Crippen LogP contribution in [0, 0.1) is 0 Å². The van der Waals surface area contributed by atoms with Crippen LogP contribution in [0.2, 0.25) is 0 Å². The molecule has 0 aliphatic rings. The van der Waals surface area contributed by atoms with E-state index in [0.717, 1.165) is 216 Å². The SMILES string of the molecule is CCN(CC)CCn1c(CCc2ccccc2)nc2cc(/C=C/C(=O)NO)ccc21.CCn1c(CNCc2ccccc2)nc2cc(/C=C/C(=O)NO)ccc21.CN(C)CCCn1c(CCc2ccccc2)nc2cc(/C=C/C(=O)NO)ccc21.Cn1c(CN(Cc2ccccc2)Cc2ccccc2)nc2cc(/C=C/C(=O)NO)ccc21.Cn1c(CNCc2ccccc2)nc2cc(/C=C/C(=O)NO)ccc21. The van der Waals surface area contributed by atoms with Gasteiger partial charge in [0.05, 0.1) is 74.8 Å². The third-order valence-corrected chi connectivity index (χ3v) is 23.8. The van der Waals surface area contributed by atoms with Gasteiger partial charge < -0.3 is 43.3 Å². The van der Waals surface area contributed by atoms with Gasteiger partial charge in [-0.05, 0) is 212 Å². The largest absolute Gasteiger partial charge is 0.330 e. The lowest BCUT2D eigenvalue weighted by atomic mass is 10.1. The third-order valence-electron chi connectivity index (χ3n) is 23.8. The van der Waals surface area contributed by atoms with E-state index in [1.807, 2.05) is 154 Å². The summed E-state index contributed by atoms with van der Waals surface area (Å²) in [6, 6.07) is 91.9. The van der Waals surface area contributed by atoms with Gasteiger partial charge in [0, 0.05) is 110 Å². The maximum Gasteiger partial charge on any atom is 0.267 e. The zero-order chi connectivity index (χ0) is 100. The van der Waals surface area contributed by atoms with Crippen LogP contribution >= 0.6 is 0 Å². The molecule has 0 bridgehead atoms. The fraction of sp³-hybridized carbons (Fsp3) is 0.232. The lowest BCUT2D eigenvalue weighted by Gasteiger charge is -2.22. The molecule has 0 atom stereocenters. The number of fused-ring (bicyclic) bond motifs is 5. The van der Waals surface area contributed by atoms with Gasteiger partial charge in [-0.15, -0.1) is 0 Å². The van der Waals surface area contributed by atoms with Gasteiger partial charge in [-0.1, -0.05) is 226 Å². The van der Waals surface area contributed by atoms with E-state index in [2.05, 4.69) is 221 Å². The second-order valence-corrected chi connectivity index (χ2v) is 34.0. The van der Waals surface area contributed by atoms with Gasteiger partial charge >= 0.3 is 0 Å². The number of carbonyl (C=O) groups excluding carboxylic acids is 5. The number of nitrogens with zero attached hydrogens (tertiary/aromatic N) is 13. The molecule has 0 spiro atoms. The van der Waals surface area contributed by atoms with E-state index in [-0.39, 0.29) is 0 Å². The summed E-state index contributed by atoms with van der Waals surface area (Å²) in [6.45, 7) is 18.4. The number of hydrogen-bond donors (Lipinski definition) is 12. The number of aryl methyl sites for hydroxylation is 8. The van der Waals surface area contributed by atoms with E-state index in [4.69, 9.17) is 46.0 Å². The molecular formula is C112H126N20O10. The summed E-state index contributed by atoms with van der Waals surface area (Å²) in [5.41, 5.74) is 29.6. The maximum absolute atomic E-state index is 11.3. The summed E-state index contributed by atoms with van der Waals surface area (Å²) < 4.78 is 11.0. The number of carbonyl (C=O) groups is 5. The predicted molar refractivity (Wildman–Crippen MR) is 560 cm³/mol. The highest BCUT2D eigenvalue weighted by Gasteiger charge is 2.20. The van der Waals surface area contributed by atoms with Crippen molar-refractivity contribution in [1.82, 2.24) is 100 Å². The van der Waals surface area contributed by atoms with Crippen molar-refractivity contribution in [1.29, 1.82) is 0 Å². The molecule has 12 N–H and O–H groups in total. The smallest absolute Gasteiger partial charge is 0.267 e. The number of amides is 5. The van der Waals surface area contributed by atoms with Crippen LogP contribution in [0.1, 0.15) is 118 Å². The van der Waals surface area contributed by atoms with Crippen molar-refractivity contribution in [2.75, 3.05) is 40.3 Å². The van der Waals surface area contributed by atoms with Gasteiger partial charge in [-0.2, -0.15) is 0 Å². The average molecular weight is 1910 g/mol. The molecule has 5 heterocycles. The van der Waals surface area contributed by atoms with Crippen LogP contribution in [0.4, 0.5) is 0 Å². The molecule has 142 heavy (non-hydrogen) atoms. The van der Waals surface area contributed by atoms with E-state index in [1.54, 1.807) is 57.8 Å². The molecule has 0 radical (unpaired) electrons. The van der Waals surface area contributed by atoms with Crippen molar-refractivity contribution in [3.05, 3.63) is 394 Å². The average Bonchev–Trinajstić information content (AvgIpc) is 1.66. The highest BCUT2D eigenvalue weighted by molar-refractivity contribution is 5.95. The number of likely N-dealkylation sites (N-methyl/N-ethyl adjacent to an activating group) is 1. The molecule has 16 aromatic rings. The first kappa shape index (κ1) is 105. The highest BCUT2D eigenvalue weighted by Crippen LogP contribution is 2.27. The standard InChI is InChI=1S/C26H26N4O2.C24H30N4O2.C23H28N4O2.C20H22N4O2.C19H20N4O2/c1-29-24-14-12-20(13-15-26(31)28-32)16-23(24)27-25(29)19-30(17-21-8-4-2-5-9-21)18-22-10-6-3-7-11-22;1-3-27(4-2)16-17-28-22-13-10-20(12-15-24(29)26-30)18-21(22)25-23(28)14-11-19-8-6-5-7-9-19;1-26(2)15-6-16-27-21-12-9-19(11-14-23(28)25-29)17-20(21)24-22(27)13-10-18-7-4-3-5-8-18;1-2-24-18-10-8-15(9-11-20(25)23-26)12-17(18)22-19(24)14-21-13-16-6-4-3-5-7-16;1-23-17-9-7-14(8-10-19(24)22-25)11-16(17)21-18(23)13-20-12-15-5-3-2-4-6-15/h2-16,32H,17-19H2,1H3,(H,28,31);5-10,12-13,15,18,30H,3-4,11,14,16-17H2,1-2H3,(H,26,29);3-5,7-9,11-12,14,17,29H,6,10,13,15-16H2,1-2H3,(H,25,28);3-12,21,26H,2,13-14H2,1H3,(H,23,25);2-11,20,25H,12-13H2,1H3,(H,22,24)/b15-13+;15-12+;14-11+;11-9+;10-8+. The minimum atomic E-state index is -0.565. The van der Waals surface area contributed by atoms with E-state index in [9.17, 15) is 24.0 Å². The maximum atomic E-state index is 11.3. The van der Waals surface area contributed by atoms with Crippen LogP contribution in [0.5, 0.6) is 0 Å². The lowest BCUT2D eigenvalue weighted by Crippen LogP contribution is -2.27. The molecule has 11 aromatic carbocycles. The molecule has 0 saturated carbocycles. The zero-order valence-corrected chi connectivity index (χ0v) is 81.3. The Morgan fingerprint density at radius 2 is 0.599 bits per heavy atom. The Morgan fingerprint density at radius 3 is 0.944 bits per heavy atom. The van der Waals surface area contributed by atoms with Crippen molar-refractivity contribution in [2.24, 2.45) is 14.1 Å². The Bertz CT molecular complexity index is 6870. The summed E-state index contributed by atoms with van der Waals surface area (Å²) in [4.78, 5) is 87.0. The topological polar surface area (TPSA) is 370 Å². The van der Waals surface area contributed by atoms with Crippen molar-refractivity contribution in [2.45, 2.75) is 118 Å². The Kier molecular flexibility index (Phi) is 41.0. The molecule has 5 amide bonds. The first-order chi connectivity index (χ1) is 69.2. The number of nitrogens with one attached hydrogen (secondary N) is 7. The van der Waals surface area contributed by atoms with Crippen LogP contribution in [-0.4, -0.2) is 158 Å². The summed E-state index contributed by atoms with van der Waals surface area (Å²) in [6.07, 6.45) is 19.4. The van der Waals surface area contributed by atoms with Gasteiger partial charge in [0.15, 0.2) is 0 Å². The van der Waals surface area contributed by atoms with Gasteiger partial charge in [0.25, 0.3) is 29.5 Å². The number of aromatic nitrogens is 10.